The normalized spacial score (nSPS) is 23.0. The van der Waals surface area contributed by atoms with Gasteiger partial charge in [0.1, 0.15) is 42.3 Å². The average molecular weight is 1040 g/mol. The molecule has 5 rings (SSSR count). The number of fused-ring (bicyclic) bond motifs is 2. The lowest BCUT2D eigenvalue weighted by atomic mass is 10.0. The molecule has 3 aromatic rings. The molecule has 9 amide bonds. The number of benzene rings is 2. The Balaban J connectivity index is 1.52. The molecule has 3 unspecified atom stereocenters. The number of para-hydroxylation sites is 1. The van der Waals surface area contributed by atoms with E-state index in [2.05, 4.69) is 52.8 Å². The number of primary amides is 1. The van der Waals surface area contributed by atoms with Crippen molar-refractivity contribution in [2.75, 3.05) is 26.2 Å². The third kappa shape index (κ3) is 18.0. The van der Waals surface area contributed by atoms with E-state index in [1.54, 1.807) is 42.6 Å². The molecule has 2 saturated heterocycles. The van der Waals surface area contributed by atoms with Gasteiger partial charge in [0.2, 0.25) is 53.2 Å². The number of aliphatic hydroxyl groups is 1. The predicted molar refractivity (Wildman–Crippen MR) is 275 cm³/mol. The maximum Gasteiger partial charge on any atom is 0.245 e. The number of nitrogens with zero attached hydrogens (tertiary/aromatic N) is 1. The van der Waals surface area contributed by atoms with Gasteiger partial charge >= 0.3 is 0 Å². The van der Waals surface area contributed by atoms with Gasteiger partial charge in [0, 0.05) is 75.9 Å². The van der Waals surface area contributed by atoms with Gasteiger partial charge in [-0.2, -0.15) is 0 Å². The molecule has 3 heterocycles. The Morgan fingerprint density at radius 3 is 2.11 bits per heavy atom. The van der Waals surface area contributed by atoms with Crippen molar-refractivity contribution in [1.82, 2.24) is 57.7 Å². The van der Waals surface area contributed by atoms with Crippen LogP contribution in [0.15, 0.2) is 60.8 Å². The van der Waals surface area contributed by atoms with Gasteiger partial charge in [-0.1, -0.05) is 48.5 Å². The summed E-state index contributed by atoms with van der Waals surface area (Å²) in [7, 11) is 0. The van der Waals surface area contributed by atoms with Gasteiger partial charge in [0.05, 0.1) is 6.10 Å². The Bertz CT molecular complexity index is 2540. The number of H-pyrrole nitrogens is 1. The van der Waals surface area contributed by atoms with E-state index >= 15 is 0 Å². The first kappa shape index (κ1) is 57.6. The predicted octanol–water partition coefficient (Wildman–Crippen LogP) is -3.45. The fourth-order valence-corrected chi connectivity index (χ4v) is 8.93. The molecule has 19 N–H and O–H groups in total. The van der Waals surface area contributed by atoms with E-state index in [0.29, 0.717) is 11.1 Å². The van der Waals surface area contributed by atoms with Crippen LogP contribution in [0.3, 0.4) is 0 Å². The lowest BCUT2D eigenvalue weighted by Crippen LogP contribution is -2.60. The van der Waals surface area contributed by atoms with E-state index in [1.165, 1.54) is 6.92 Å². The number of amides is 9. The lowest BCUT2D eigenvalue weighted by molar-refractivity contribution is -0.143. The third-order valence-corrected chi connectivity index (χ3v) is 12.7. The van der Waals surface area contributed by atoms with Crippen LogP contribution in [-0.4, -0.2) is 155 Å². The van der Waals surface area contributed by atoms with Crippen molar-refractivity contribution in [2.24, 2.45) is 17.2 Å². The summed E-state index contributed by atoms with van der Waals surface area (Å²) >= 11 is 0. The Labute approximate surface area is 432 Å². The van der Waals surface area contributed by atoms with E-state index in [-0.39, 0.29) is 109 Å². The number of hydrogen-bond donors (Lipinski definition) is 16. The average Bonchev–Trinajstić information content (AvgIpc) is 3.97. The number of aliphatic hydroxyl groups excluding tert-OH is 1. The second-order valence-corrected chi connectivity index (χ2v) is 18.6. The minimum atomic E-state index is -1.50. The highest BCUT2D eigenvalue weighted by Crippen LogP contribution is 2.23. The molecule has 0 aliphatic carbocycles. The fraction of sp³-hybridized carbons (Fsp3) is 0.490. The van der Waals surface area contributed by atoms with Gasteiger partial charge in [-0.15, -0.1) is 0 Å². The molecule has 0 saturated carbocycles. The van der Waals surface area contributed by atoms with Crippen LogP contribution in [0.4, 0.5) is 0 Å². The molecule has 406 valence electrons. The number of rotatable bonds is 16. The van der Waals surface area contributed by atoms with Crippen molar-refractivity contribution in [1.29, 1.82) is 10.8 Å². The van der Waals surface area contributed by atoms with Crippen LogP contribution in [0.2, 0.25) is 0 Å². The lowest BCUT2D eigenvalue weighted by Gasteiger charge is -2.31. The van der Waals surface area contributed by atoms with Crippen LogP contribution in [-0.2, 0) is 56.0 Å². The second kappa shape index (κ2) is 28.2. The van der Waals surface area contributed by atoms with Crippen LogP contribution >= 0.6 is 0 Å². The molecule has 75 heavy (non-hydrogen) atoms. The highest BCUT2D eigenvalue weighted by molar-refractivity contribution is 5.98. The summed E-state index contributed by atoms with van der Waals surface area (Å²) in [5, 5.41) is 50.8. The van der Waals surface area contributed by atoms with Crippen molar-refractivity contribution in [3.63, 3.8) is 0 Å². The number of carbonyl (C=O) groups excluding carboxylic acids is 9. The number of nitrogens with one attached hydrogen (secondary N) is 12. The van der Waals surface area contributed by atoms with Crippen LogP contribution in [0, 0.1) is 10.8 Å². The molecule has 26 heteroatoms. The summed E-state index contributed by atoms with van der Waals surface area (Å²) in [6.45, 7) is 1.09. The highest BCUT2D eigenvalue weighted by Gasteiger charge is 2.43. The van der Waals surface area contributed by atoms with E-state index in [0.717, 1.165) is 15.8 Å². The summed E-state index contributed by atoms with van der Waals surface area (Å²) in [5.41, 5.74) is 18.7. The third-order valence-electron chi connectivity index (χ3n) is 12.7. The zero-order chi connectivity index (χ0) is 54.6. The van der Waals surface area contributed by atoms with E-state index in [9.17, 15) is 48.3 Å². The zero-order valence-electron chi connectivity index (χ0n) is 41.8. The van der Waals surface area contributed by atoms with Crippen molar-refractivity contribution >= 4 is 76.0 Å². The van der Waals surface area contributed by atoms with Crippen molar-refractivity contribution in [2.45, 2.75) is 126 Å². The molecule has 26 nitrogen and oxygen atoms in total. The monoisotopic (exact) mass is 1040 g/mol. The first-order valence-corrected chi connectivity index (χ1v) is 24.9. The number of nitrogens with two attached hydrogens (primary N) is 3. The molecule has 0 radical (unpaired) electrons. The first-order valence-electron chi connectivity index (χ1n) is 24.9. The second-order valence-electron chi connectivity index (χ2n) is 18.6. The molecular weight excluding hydrogens is 973 g/mol. The van der Waals surface area contributed by atoms with Crippen LogP contribution < -0.4 is 65.1 Å². The molecule has 1 aromatic heterocycles. The summed E-state index contributed by atoms with van der Waals surface area (Å²) in [4.78, 5) is 129. The van der Waals surface area contributed by atoms with Gasteiger partial charge in [0.25, 0.3) is 0 Å². The topological polar surface area (TPSA) is 427 Å². The largest absolute Gasteiger partial charge is 0.391 e. The standard InChI is InChI=1S/C49H70N16O10/c1-27(66)59-34(15-8-20-56-48(51)52)42(70)62-36-17-18-40(68)55-19-7-14-33(41(50)69)60-45(73)38(23-29-25-58-32-13-6-5-12-31(29)32)63-43(71)35(16-9-21-57-49(53)54)61-44(72)37(22-28-10-3-2-4-11-28)64-46(74)39-24-30(67)26-65(39)47(36)75/h2-6,10-13,25,30,33-39,58,67H,7-9,14-24,26H2,1H3,(H2,50,69)(H,55,68)(H,59,66)(H,60,73)(H,61,72)(H,62,70)(H,63,71)(H,64,74)(H4,51,52,56)(H4,53,54,57)/t30?,33?,34-,35-,36-,37?,38-,39-/m0/s1. The number of carbonyl (C=O) groups is 9. The number of aromatic amines is 1. The minimum absolute atomic E-state index is 0.0254. The first-order chi connectivity index (χ1) is 35.8. The Hall–Kier alpha value is -8.29. The minimum Gasteiger partial charge on any atom is -0.391 e. The number of aromatic nitrogens is 1. The number of hydrogen-bond acceptors (Lipinski definition) is 12. The molecule has 2 aliphatic rings. The Kier molecular flexibility index (Phi) is 21.7. The zero-order valence-corrected chi connectivity index (χ0v) is 41.8. The summed E-state index contributed by atoms with van der Waals surface area (Å²) in [6.07, 6.45) is -0.253. The summed E-state index contributed by atoms with van der Waals surface area (Å²) in [6, 6.07) is 6.38. The van der Waals surface area contributed by atoms with Gasteiger partial charge in [-0.3, -0.25) is 54.0 Å². The highest BCUT2D eigenvalue weighted by atomic mass is 16.3. The van der Waals surface area contributed by atoms with Crippen LogP contribution in [0.5, 0.6) is 0 Å². The molecular formula is C49H70N16O10. The van der Waals surface area contributed by atoms with Crippen LogP contribution in [0.25, 0.3) is 10.9 Å². The maximum atomic E-state index is 14.6. The quantitative estimate of drug-likeness (QED) is 0.0377. The van der Waals surface area contributed by atoms with Crippen LogP contribution in [0.1, 0.15) is 75.8 Å². The number of guanidine groups is 2. The summed E-state index contributed by atoms with van der Waals surface area (Å²) < 4.78 is 0. The molecule has 2 aromatic carbocycles. The van der Waals surface area contributed by atoms with E-state index in [4.69, 9.17) is 28.0 Å². The molecule has 2 fully saturated rings. The maximum absolute atomic E-state index is 14.6. The van der Waals surface area contributed by atoms with Gasteiger partial charge in [-0.25, -0.2) is 0 Å². The van der Waals surface area contributed by atoms with Gasteiger partial charge < -0.3 is 80.0 Å². The van der Waals surface area contributed by atoms with Gasteiger partial charge in [0.15, 0.2) is 11.9 Å². The van der Waals surface area contributed by atoms with Gasteiger partial charge in [-0.05, 0) is 62.1 Å². The van der Waals surface area contributed by atoms with E-state index < -0.39 is 102 Å². The molecule has 2 aliphatic heterocycles. The van der Waals surface area contributed by atoms with Crippen molar-refractivity contribution < 1.29 is 48.3 Å². The molecule has 8 atom stereocenters. The van der Waals surface area contributed by atoms with E-state index in [1.807, 2.05) is 18.2 Å². The smallest absolute Gasteiger partial charge is 0.245 e. The molecule has 0 bridgehead atoms. The Morgan fingerprint density at radius 1 is 0.787 bits per heavy atom. The Morgan fingerprint density at radius 2 is 1.41 bits per heavy atom. The summed E-state index contributed by atoms with van der Waals surface area (Å²) in [5.74, 6) is -7.64. The van der Waals surface area contributed by atoms with Crippen molar-refractivity contribution in [3.05, 3.63) is 71.9 Å². The fourth-order valence-electron chi connectivity index (χ4n) is 8.93. The van der Waals surface area contributed by atoms with Crippen molar-refractivity contribution in [3.8, 4) is 0 Å². The molecule has 0 spiro atoms. The SMILES string of the molecule is CC(=O)N[C@@H](CCCNC(=N)N)C(=O)N[C@H]1CCC(=O)NCCCC(C(N)=O)NC(=O)[C@H](Cc2c[nH]c3ccccc23)NC(=O)[C@H](CCCNC(=N)N)NC(=O)C(Cc2ccccc2)NC(=O)[C@@H]2CC(O)CN2C1=O.